The molecule has 0 aliphatic carbocycles. The Morgan fingerprint density at radius 1 is 0.974 bits per heavy atom. The fraction of sp³-hybridized carbons (Fsp3) is 0.103. The molecule has 0 radical (unpaired) electrons. The lowest BCUT2D eigenvalue weighted by molar-refractivity contribution is -0.123. The number of H-pyrrole nitrogens is 1. The highest BCUT2D eigenvalue weighted by molar-refractivity contribution is 6.14. The van der Waals surface area contributed by atoms with Crippen molar-refractivity contribution in [2.24, 2.45) is 0 Å². The summed E-state index contributed by atoms with van der Waals surface area (Å²) < 4.78 is 14.8. The summed E-state index contributed by atoms with van der Waals surface area (Å²) in [7, 11) is 0. The van der Waals surface area contributed by atoms with Crippen molar-refractivity contribution in [3.05, 3.63) is 128 Å². The van der Waals surface area contributed by atoms with Gasteiger partial charge in [-0.25, -0.2) is 13.9 Å². The van der Waals surface area contributed by atoms with Crippen LogP contribution < -0.4 is 10.9 Å². The van der Waals surface area contributed by atoms with Gasteiger partial charge in [0.15, 0.2) is 0 Å². The first-order valence-electron chi connectivity index (χ1n) is 11.8. The average molecular weight is 508 g/mol. The van der Waals surface area contributed by atoms with E-state index in [0.29, 0.717) is 22.5 Å². The minimum Gasteiger partial charge on any atom is -0.303 e. The summed E-state index contributed by atoms with van der Waals surface area (Å²) in [5.74, 6) is -0.988. The van der Waals surface area contributed by atoms with Crippen LogP contribution in [-0.4, -0.2) is 26.6 Å². The van der Waals surface area contributed by atoms with Crippen LogP contribution in [0, 0.1) is 24.1 Å². The molecule has 8 nitrogen and oxygen atoms in total. The van der Waals surface area contributed by atoms with Gasteiger partial charge >= 0.3 is 6.03 Å². The molecular weight excluding hydrogens is 485 g/mol. The number of aryl methyl sites for hydroxylation is 1. The molecule has 1 saturated heterocycles. The quantitative estimate of drug-likeness (QED) is 0.301. The molecule has 188 valence electrons. The van der Waals surface area contributed by atoms with Crippen molar-refractivity contribution in [3.63, 3.8) is 0 Å². The molecule has 0 unspecified atom stereocenters. The highest BCUT2D eigenvalue weighted by Gasteiger charge is 2.34. The number of urea groups is 1. The molecule has 1 aliphatic heterocycles. The zero-order valence-corrected chi connectivity index (χ0v) is 20.4. The fourth-order valence-electron chi connectivity index (χ4n) is 4.37. The minimum absolute atomic E-state index is 0.0576. The number of nitriles is 1. The van der Waals surface area contributed by atoms with Gasteiger partial charge in [0.05, 0.1) is 29.4 Å². The molecular formula is C29H22FN5O3. The van der Waals surface area contributed by atoms with E-state index in [1.165, 1.54) is 22.9 Å². The van der Waals surface area contributed by atoms with Crippen molar-refractivity contribution in [1.29, 1.82) is 5.26 Å². The smallest absolute Gasteiger partial charge is 0.303 e. The van der Waals surface area contributed by atoms with E-state index in [1.807, 2.05) is 25.1 Å². The predicted molar refractivity (Wildman–Crippen MR) is 139 cm³/mol. The number of halogens is 1. The number of rotatable bonds is 6. The van der Waals surface area contributed by atoms with Crippen molar-refractivity contribution in [2.45, 2.75) is 19.9 Å². The van der Waals surface area contributed by atoms with Crippen molar-refractivity contribution < 1.29 is 14.0 Å². The lowest BCUT2D eigenvalue weighted by Crippen LogP contribution is -2.30. The molecule has 1 aliphatic rings. The molecule has 5 rings (SSSR count). The van der Waals surface area contributed by atoms with Crippen LogP contribution in [0.15, 0.2) is 83.3 Å². The molecule has 9 heteroatoms. The lowest BCUT2D eigenvalue weighted by Gasteiger charge is -2.12. The number of hydrogen-bond donors (Lipinski definition) is 2. The third-order valence-corrected chi connectivity index (χ3v) is 6.37. The maximum atomic E-state index is 13.6. The predicted octanol–water partition coefficient (Wildman–Crippen LogP) is 4.17. The van der Waals surface area contributed by atoms with Gasteiger partial charge in [0.25, 0.3) is 11.5 Å². The first-order chi connectivity index (χ1) is 18.4. The van der Waals surface area contributed by atoms with Gasteiger partial charge in [-0.3, -0.25) is 19.6 Å². The van der Waals surface area contributed by atoms with E-state index in [4.69, 9.17) is 0 Å². The summed E-state index contributed by atoms with van der Waals surface area (Å²) >= 11 is 0. The van der Waals surface area contributed by atoms with Crippen LogP contribution in [0.4, 0.5) is 9.18 Å². The summed E-state index contributed by atoms with van der Waals surface area (Å²) in [6, 6.07) is 21.4. The normalized spacial score (nSPS) is 14.1. The Balaban J connectivity index is 1.55. The number of aromatic amines is 1. The molecule has 0 atom stereocenters. The zero-order valence-electron chi connectivity index (χ0n) is 20.4. The molecule has 0 spiro atoms. The van der Waals surface area contributed by atoms with Crippen LogP contribution in [0.25, 0.3) is 11.8 Å². The second-order valence-corrected chi connectivity index (χ2v) is 8.88. The molecule has 3 aromatic carbocycles. The Morgan fingerprint density at radius 3 is 2.42 bits per heavy atom. The Kier molecular flexibility index (Phi) is 6.46. The van der Waals surface area contributed by atoms with Gasteiger partial charge in [0, 0.05) is 12.1 Å². The number of aromatic nitrogens is 2. The van der Waals surface area contributed by atoms with Crippen molar-refractivity contribution in [3.8, 4) is 11.8 Å². The summed E-state index contributed by atoms with van der Waals surface area (Å²) in [6.45, 7) is 1.78. The number of amides is 3. The molecule has 1 aromatic heterocycles. The number of nitrogens with zero attached hydrogens (tertiary/aromatic N) is 3. The van der Waals surface area contributed by atoms with Crippen molar-refractivity contribution in [2.75, 3.05) is 0 Å². The molecule has 0 bridgehead atoms. The third kappa shape index (κ3) is 4.63. The molecule has 2 N–H and O–H groups in total. The maximum Gasteiger partial charge on any atom is 0.329 e. The van der Waals surface area contributed by atoms with E-state index in [2.05, 4.69) is 16.5 Å². The van der Waals surface area contributed by atoms with Gasteiger partial charge in [-0.15, -0.1) is 0 Å². The summed E-state index contributed by atoms with van der Waals surface area (Å²) in [4.78, 5) is 40.5. The van der Waals surface area contributed by atoms with Gasteiger partial charge in [-0.05, 0) is 54.0 Å². The highest BCUT2D eigenvalue weighted by Crippen LogP contribution is 2.21. The molecule has 4 aromatic rings. The Bertz CT molecular complexity index is 1690. The van der Waals surface area contributed by atoms with Crippen LogP contribution in [0.1, 0.15) is 33.5 Å². The Hall–Kier alpha value is -5.23. The van der Waals surface area contributed by atoms with Crippen molar-refractivity contribution in [1.82, 2.24) is 20.0 Å². The van der Waals surface area contributed by atoms with Gasteiger partial charge in [0.2, 0.25) is 0 Å². The van der Waals surface area contributed by atoms with E-state index < -0.39 is 17.5 Å². The molecule has 3 amide bonds. The summed E-state index contributed by atoms with van der Waals surface area (Å²) in [6.07, 6.45) is 1.62. The first kappa shape index (κ1) is 24.5. The number of hydrogen-bond acceptors (Lipinski definition) is 4. The number of nitrogens with one attached hydrogen (secondary N) is 2. The largest absolute Gasteiger partial charge is 0.329 e. The van der Waals surface area contributed by atoms with E-state index in [0.717, 1.165) is 16.0 Å². The van der Waals surface area contributed by atoms with E-state index >= 15 is 0 Å². The highest BCUT2D eigenvalue weighted by atomic mass is 19.1. The van der Waals surface area contributed by atoms with E-state index in [-0.39, 0.29) is 30.0 Å². The zero-order chi connectivity index (χ0) is 26.8. The summed E-state index contributed by atoms with van der Waals surface area (Å²) in [5.41, 5.74) is 3.36. The second-order valence-electron chi connectivity index (χ2n) is 8.88. The third-order valence-electron chi connectivity index (χ3n) is 6.37. The van der Waals surface area contributed by atoms with Crippen LogP contribution >= 0.6 is 0 Å². The SMILES string of the molecule is Cc1ccccc1-n1[nH]c(Cc2ccc(F)cc2)c(C=C2NC(=O)N(Cc3ccccc3C#N)C2=O)c1=O. The topological polar surface area (TPSA) is 111 Å². The number of carbonyl (C=O) groups is 2. The van der Waals surface area contributed by atoms with Crippen LogP contribution in [-0.2, 0) is 17.8 Å². The first-order valence-corrected chi connectivity index (χ1v) is 11.8. The van der Waals surface area contributed by atoms with Gasteiger partial charge < -0.3 is 5.32 Å². The minimum atomic E-state index is -0.649. The molecule has 0 saturated carbocycles. The molecule has 38 heavy (non-hydrogen) atoms. The van der Waals surface area contributed by atoms with Gasteiger partial charge in [-0.1, -0.05) is 48.5 Å². The second kappa shape index (κ2) is 10.0. The number of para-hydroxylation sites is 1. The van der Waals surface area contributed by atoms with Gasteiger partial charge in [0.1, 0.15) is 11.5 Å². The number of benzene rings is 3. The van der Waals surface area contributed by atoms with Gasteiger partial charge in [-0.2, -0.15) is 5.26 Å². The maximum absolute atomic E-state index is 13.6. The number of carbonyl (C=O) groups excluding carboxylic acids is 2. The average Bonchev–Trinajstić information content (AvgIpc) is 3.36. The molecule has 2 heterocycles. The standard InChI is InChI=1S/C29H22FN5O3/c1-18-6-2-5-9-26(18)35-27(36)23(24(33-35)14-19-10-12-22(30)13-11-19)15-25-28(37)34(29(38)32-25)17-21-8-4-3-7-20(21)16-31/h2-13,15,33H,14,17H2,1H3,(H,32,38). The van der Waals surface area contributed by atoms with Crippen LogP contribution in [0.3, 0.4) is 0 Å². The van der Waals surface area contributed by atoms with E-state index in [1.54, 1.807) is 42.5 Å². The monoisotopic (exact) mass is 507 g/mol. The Labute approximate surface area is 217 Å². The van der Waals surface area contributed by atoms with Crippen LogP contribution in [0.2, 0.25) is 0 Å². The van der Waals surface area contributed by atoms with E-state index in [9.17, 15) is 24.0 Å². The fourth-order valence-corrected chi connectivity index (χ4v) is 4.37. The number of imide groups is 1. The Morgan fingerprint density at radius 2 is 1.68 bits per heavy atom. The lowest BCUT2D eigenvalue weighted by atomic mass is 10.1. The molecule has 1 fully saturated rings. The van der Waals surface area contributed by atoms with Crippen LogP contribution in [0.5, 0.6) is 0 Å². The van der Waals surface area contributed by atoms with Crippen molar-refractivity contribution >= 4 is 18.0 Å². The summed E-state index contributed by atoms with van der Waals surface area (Å²) in [5, 5.41) is 15.0.